The van der Waals surface area contributed by atoms with Crippen LogP contribution in [-0.4, -0.2) is 47.2 Å². The summed E-state index contributed by atoms with van der Waals surface area (Å²) < 4.78 is 0. The number of likely N-dealkylation sites (N-methyl/N-ethyl adjacent to an activating group) is 1. The van der Waals surface area contributed by atoms with Crippen molar-refractivity contribution in [2.75, 3.05) is 13.6 Å². The number of nitrogens with zero attached hydrogens (tertiary/aromatic N) is 3. The van der Waals surface area contributed by atoms with Gasteiger partial charge in [-0.2, -0.15) is 0 Å². The van der Waals surface area contributed by atoms with Crippen LogP contribution in [0.2, 0.25) is 0 Å². The molecule has 2 fully saturated rings. The van der Waals surface area contributed by atoms with Gasteiger partial charge >= 0.3 is 0 Å². The molecule has 6 heteroatoms. The third-order valence-electron chi connectivity index (χ3n) is 6.69. The Morgan fingerprint density at radius 3 is 2.62 bits per heavy atom. The van der Waals surface area contributed by atoms with E-state index in [1.54, 1.807) is 6.08 Å². The maximum atomic E-state index is 13.2. The number of fused-ring (bicyclic) bond motifs is 2. The van der Waals surface area contributed by atoms with Gasteiger partial charge in [-0.15, -0.1) is 0 Å². The van der Waals surface area contributed by atoms with Crippen molar-refractivity contribution in [2.45, 2.75) is 44.7 Å². The molecule has 3 aliphatic rings. The molecule has 0 bridgehead atoms. The van der Waals surface area contributed by atoms with Crippen molar-refractivity contribution in [1.82, 2.24) is 15.1 Å². The first-order valence-corrected chi connectivity index (χ1v) is 11.4. The number of aliphatic imine (C=N–C) groups is 1. The highest BCUT2D eigenvalue weighted by molar-refractivity contribution is 6.06. The van der Waals surface area contributed by atoms with Crippen LogP contribution in [0.4, 0.5) is 5.69 Å². The van der Waals surface area contributed by atoms with Crippen LogP contribution in [0.3, 0.4) is 0 Å². The zero-order chi connectivity index (χ0) is 22.1. The van der Waals surface area contributed by atoms with E-state index >= 15 is 0 Å². The van der Waals surface area contributed by atoms with Crippen molar-refractivity contribution in [3.8, 4) is 0 Å². The van der Waals surface area contributed by atoms with Crippen LogP contribution in [0.5, 0.6) is 0 Å². The number of nitrogens with one attached hydrogen (secondary N) is 1. The van der Waals surface area contributed by atoms with Crippen molar-refractivity contribution in [1.29, 1.82) is 0 Å². The van der Waals surface area contributed by atoms with Crippen LogP contribution >= 0.6 is 0 Å². The van der Waals surface area contributed by atoms with Gasteiger partial charge in [0.15, 0.2) is 0 Å². The third kappa shape index (κ3) is 4.05. The molecule has 5 rings (SSSR count). The van der Waals surface area contributed by atoms with Gasteiger partial charge in [-0.05, 0) is 47.2 Å². The predicted octanol–water partition coefficient (Wildman–Crippen LogP) is 3.84. The van der Waals surface area contributed by atoms with Gasteiger partial charge in [0, 0.05) is 25.7 Å². The summed E-state index contributed by atoms with van der Waals surface area (Å²) >= 11 is 0. The summed E-state index contributed by atoms with van der Waals surface area (Å²) in [5, 5.41) is 2.81. The molecule has 1 N–H and O–H groups in total. The Bertz CT molecular complexity index is 1100. The molecule has 0 radical (unpaired) electrons. The first kappa shape index (κ1) is 20.5. The number of benzene rings is 2. The zero-order valence-corrected chi connectivity index (χ0v) is 18.4. The van der Waals surface area contributed by atoms with Gasteiger partial charge in [-0.25, -0.2) is 4.99 Å². The lowest BCUT2D eigenvalue weighted by Crippen LogP contribution is -2.37. The van der Waals surface area contributed by atoms with Crippen LogP contribution in [0.15, 0.2) is 59.6 Å². The van der Waals surface area contributed by atoms with Crippen molar-refractivity contribution >= 4 is 29.0 Å². The van der Waals surface area contributed by atoms with E-state index < -0.39 is 0 Å². The van der Waals surface area contributed by atoms with E-state index in [4.69, 9.17) is 0 Å². The molecule has 1 saturated carbocycles. The molecule has 2 aromatic rings. The van der Waals surface area contributed by atoms with Gasteiger partial charge in [0.25, 0.3) is 0 Å². The van der Waals surface area contributed by atoms with Gasteiger partial charge in [0.1, 0.15) is 6.54 Å². The quantitative estimate of drug-likeness (QED) is 0.753. The Morgan fingerprint density at radius 2 is 1.84 bits per heavy atom. The molecule has 0 unspecified atom stereocenters. The number of guanidine groups is 1. The summed E-state index contributed by atoms with van der Waals surface area (Å²) in [6, 6.07) is 16.5. The van der Waals surface area contributed by atoms with E-state index in [0.29, 0.717) is 25.1 Å². The van der Waals surface area contributed by atoms with Crippen molar-refractivity contribution in [3.05, 3.63) is 71.3 Å². The fraction of sp³-hybridized carbons (Fsp3) is 0.346. The monoisotopic (exact) mass is 428 g/mol. The van der Waals surface area contributed by atoms with E-state index in [1.807, 2.05) is 59.3 Å². The molecular formula is C26H28N4O2. The molecule has 2 aromatic carbocycles. The average Bonchev–Trinajstić information content (AvgIpc) is 3.19. The highest BCUT2D eigenvalue weighted by atomic mass is 16.2. The highest BCUT2D eigenvalue weighted by Gasteiger charge is 2.29. The number of hydrogen-bond acceptors (Lipinski definition) is 4. The topological polar surface area (TPSA) is 65.0 Å². The Morgan fingerprint density at radius 1 is 1.06 bits per heavy atom. The van der Waals surface area contributed by atoms with Gasteiger partial charge in [0.2, 0.25) is 17.8 Å². The first-order valence-electron chi connectivity index (χ1n) is 11.4. The fourth-order valence-corrected chi connectivity index (χ4v) is 4.85. The van der Waals surface area contributed by atoms with Gasteiger partial charge < -0.3 is 9.80 Å². The van der Waals surface area contributed by atoms with Crippen LogP contribution in [0.1, 0.15) is 48.8 Å². The summed E-state index contributed by atoms with van der Waals surface area (Å²) in [6.07, 6.45) is 7.60. The molecule has 2 aliphatic heterocycles. The summed E-state index contributed by atoms with van der Waals surface area (Å²) in [5.74, 6) is 0.638. The van der Waals surface area contributed by atoms with E-state index in [1.165, 1.54) is 19.3 Å². The largest absolute Gasteiger partial charge is 0.339 e. The standard InChI is InChI=1S/C26H28N4O2/c1-29(21-10-6-3-7-11-21)25(32)15-22(18-8-4-2-5-9-18)19-12-13-23-20(14-19)16-30-17-24(31)28-26(30)27-23/h2,4-5,8-9,12-15,21H,3,6-7,10-11,16-17H2,1H3,(H,27,28,31)/b22-15-. The molecular weight excluding hydrogens is 400 g/mol. The first-order chi connectivity index (χ1) is 15.6. The third-order valence-corrected chi connectivity index (χ3v) is 6.69. The summed E-state index contributed by atoms with van der Waals surface area (Å²) in [4.78, 5) is 33.5. The van der Waals surface area contributed by atoms with Crippen LogP contribution in [0, 0.1) is 0 Å². The lowest BCUT2D eigenvalue weighted by molar-refractivity contribution is -0.127. The molecule has 0 aromatic heterocycles. The smallest absolute Gasteiger partial charge is 0.247 e. The SMILES string of the molecule is CN(C(=O)/C=C(/c1ccccc1)c1ccc2c(c1)CN1CC(=O)NC1=N2)C1CCCCC1. The second kappa shape index (κ2) is 8.61. The molecule has 2 heterocycles. The minimum Gasteiger partial charge on any atom is -0.339 e. The van der Waals surface area contributed by atoms with Crippen LogP contribution < -0.4 is 5.32 Å². The van der Waals surface area contributed by atoms with Gasteiger partial charge in [-0.3, -0.25) is 14.9 Å². The number of carbonyl (C=O) groups excluding carboxylic acids is 2. The van der Waals surface area contributed by atoms with E-state index in [-0.39, 0.29) is 11.8 Å². The number of amides is 2. The van der Waals surface area contributed by atoms with E-state index in [9.17, 15) is 9.59 Å². The minimum absolute atomic E-state index is 0.0296. The van der Waals surface area contributed by atoms with Crippen molar-refractivity contribution < 1.29 is 9.59 Å². The van der Waals surface area contributed by atoms with E-state index in [0.717, 1.165) is 40.8 Å². The van der Waals surface area contributed by atoms with Crippen LogP contribution in [-0.2, 0) is 16.1 Å². The summed E-state index contributed by atoms with van der Waals surface area (Å²) in [6.45, 7) is 0.952. The molecule has 1 saturated heterocycles. The zero-order valence-electron chi connectivity index (χ0n) is 18.4. The lowest BCUT2D eigenvalue weighted by atomic mass is 9.93. The molecule has 2 amide bonds. The van der Waals surface area contributed by atoms with Gasteiger partial charge in [-0.1, -0.05) is 55.7 Å². The Labute approximate surface area is 188 Å². The number of hydrogen-bond donors (Lipinski definition) is 1. The van der Waals surface area contributed by atoms with Crippen molar-refractivity contribution in [3.63, 3.8) is 0 Å². The molecule has 6 nitrogen and oxygen atoms in total. The maximum Gasteiger partial charge on any atom is 0.247 e. The minimum atomic E-state index is -0.0296. The Kier molecular flexibility index (Phi) is 5.52. The molecule has 0 atom stereocenters. The maximum absolute atomic E-state index is 13.2. The second-order valence-corrected chi connectivity index (χ2v) is 8.85. The molecule has 1 aliphatic carbocycles. The van der Waals surface area contributed by atoms with Gasteiger partial charge in [0.05, 0.1) is 5.69 Å². The molecule has 0 spiro atoms. The molecule has 164 valence electrons. The second-order valence-electron chi connectivity index (χ2n) is 8.85. The predicted molar refractivity (Wildman–Crippen MR) is 125 cm³/mol. The van der Waals surface area contributed by atoms with Crippen LogP contribution in [0.25, 0.3) is 5.57 Å². The van der Waals surface area contributed by atoms with E-state index in [2.05, 4.69) is 16.4 Å². The Hall–Kier alpha value is -3.41. The number of rotatable bonds is 4. The number of carbonyl (C=O) groups is 2. The molecule has 32 heavy (non-hydrogen) atoms. The lowest BCUT2D eigenvalue weighted by Gasteiger charge is -2.30. The highest BCUT2D eigenvalue weighted by Crippen LogP contribution is 2.32. The Balaban J connectivity index is 1.49. The normalized spacial score (nSPS) is 18.5. The van der Waals surface area contributed by atoms with Crippen molar-refractivity contribution in [2.24, 2.45) is 4.99 Å². The average molecular weight is 429 g/mol. The summed E-state index contributed by atoms with van der Waals surface area (Å²) in [5.41, 5.74) is 4.82. The summed E-state index contributed by atoms with van der Waals surface area (Å²) in [7, 11) is 1.93. The fourth-order valence-electron chi connectivity index (χ4n) is 4.85.